The van der Waals surface area contributed by atoms with Crippen LogP contribution in [0.5, 0.6) is 0 Å². The molecule has 0 bridgehead atoms. The number of amides is 2. The molecule has 0 unspecified atom stereocenters. The van der Waals surface area contributed by atoms with E-state index in [1.165, 1.54) is 0 Å². The van der Waals surface area contributed by atoms with E-state index in [1.807, 2.05) is 12.1 Å². The Morgan fingerprint density at radius 1 is 0.964 bits per heavy atom. The van der Waals surface area contributed by atoms with Crippen molar-refractivity contribution in [1.29, 1.82) is 0 Å². The molecule has 8 heteroatoms. The van der Waals surface area contributed by atoms with Gasteiger partial charge >= 0.3 is 0 Å². The number of carbonyl (C=O) groups excluding carboxylic acids is 2. The molecule has 0 aliphatic rings. The predicted octanol–water partition coefficient (Wildman–Crippen LogP) is 2.71. The minimum absolute atomic E-state index is 0.0595. The molecular formula is C20H15BrN4O3. The molecule has 2 aromatic heterocycles. The molecule has 0 spiro atoms. The van der Waals surface area contributed by atoms with Gasteiger partial charge in [-0.15, -0.1) is 0 Å². The van der Waals surface area contributed by atoms with E-state index in [-0.39, 0.29) is 12.0 Å². The van der Waals surface area contributed by atoms with Gasteiger partial charge in [-0.05, 0) is 46.3 Å². The molecule has 4 aromatic rings. The van der Waals surface area contributed by atoms with Gasteiger partial charge in [0.15, 0.2) is 5.43 Å². The van der Waals surface area contributed by atoms with Gasteiger partial charge in [0.25, 0.3) is 11.8 Å². The lowest BCUT2D eigenvalue weighted by atomic mass is 10.1. The van der Waals surface area contributed by atoms with Crippen molar-refractivity contribution in [2.24, 2.45) is 0 Å². The summed E-state index contributed by atoms with van der Waals surface area (Å²) in [6.45, 7) is -0.0595. The topological polar surface area (TPSA) is 96.0 Å². The lowest BCUT2D eigenvalue weighted by Crippen LogP contribution is -2.43. The molecule has 0 radical (unpaired) electrons. The van der Waals surface area contributed by atoms with Crippen LogP contribution in [0, 0.1) is 0 Å². The maximum Gasteiger partial charge on any atom is 0.286 e. The highest BCUT2D eigenvalue weighted by Crippen LogP contribution is 2.18. The Morgan fingerprint density at radius 3 is 2.14 bits per heavy atom. The Bertz CT molecular complexity index is 1220. The molecule has 3 N–H and O–H groups in total. The minimum Gasteiger partial charge on any atom is -0.356 e. The van der Waals surface area contributed by atoms with Gasteiger partial charge in [-0.25, -0.2) is 0 Å². The average Bonchev–Trinajstić information content (AvgIpc) is 3.16. The first-order chi connectivity index (χ1) is 13.5. The summed E-state index contributed by atoms with van der Waals surface area (Å²) in [6, 6.07) is 15.9. The number of aromatic amines is 1. The van der Waals surface area contributed by atoms with E-state index in [0.717, 1.165) is 4.47 Å². The third-order valence-electron chi connectivity index (χ3n) is 4.39. The van der Waals surface area contributed by atoms with Crippen molar-refractivity contribution >= 4 is 49.6 Å². The molecule has 2 aromatic carbocycles. The molecule has 7 nitrogen and oxygen atoms in total. The molecule has 140 valence electrons. The van der Waals surface area contributed by atoms with Crippen LogP contribution in [-0.4, -0.2) is 21.4 Å². The van der Waals surface area contributed by atoms with Crippen LogP contribution in [-0.2, 0) is 11.3 Å². The third-order valence-corrected chi connectivity index (χ3v) is 4.85. The first-order valence-corrected chi connectivity index (χ1v) is 9.27. The van der Waals surface area contributed by atoms with Gasteiger partial charge in [-0.3, -0.25) is 25.2 Å². The van der Waals surface area contributed by atoms with Crippen LogP contribution in [0.1, 0.15) is 10.5 Å². The lowest BCUT2D eigenvalue weighted by Gasteiger charge is -2.15. The number of fused-ring (bicyclic) bond motifs is 2. The Hall–Kier alpha value is -3.39. The van der Waals surface area contributed by atoms with E-state index in [1.54, 1.807) is 53.2 Å². The number of carbonyl (C=O) groups is 2. The standard InChI is InChI=1S/C20H15BrN4O3/c21-12-9-15(22-10-12)20(28)24-23-18(26)11-25-16-7-3-1-5-13(16)19(27)14-6-2-4-8-17(14)25/h1-10,22H,11H2,(H,23,26)(H,24,28). The number of halogens is 1. The highest BCUT2D eigenvalue weighted by molar-refractivity contribution is 9.10. The van der Waals surface area contributed by atoms with E-state index in [2.05, 4.69) is 31.8 Å². The Morgan fingerprint density at radius 2 is 1.57 bits per heavy atom. The first kappa shape index (κ1) is 18.0. The Labute approximate surface area is 167 Å². The molecular weight excluding hydrogens is 424 g/mol. The summed E-state index contributed by atoms with van der Waals surface area (Å²) in [5.41, 5.74) is 6.33. The number of hydrogen-bond acceptors (Lipinski definition) is 3. The van der Waals surface area contributed by atoms with Gasteiger partial charge in [0, 0.05) is 21.4 Å². The van der Waals surface area contributed by atoms with E-state index in [9.17, 15) is 14.4 Å². The van der Waals surface area contributed by atoms with E-state index < -0.39 is 11.8 Å². The zero-order valence-electron chi connectivity index (χ0n) is 14.5. The molecule has 4 rings (SSSR count). The second kappa shape index (κ2) is 7.32. The smallest absolute Gasteiger partial charge is 0.286 e. The van der Waals surface area contributed by atoms with Crippen LogP contribution in [0.25, 0.3) is 21.8 Å². The summed E-state index contributed by atoms with van der Waals surface area (Å²) in [6.07, 6.45) is 1.62. The average molecular weight is 439 g/mol. The summed E-state index contributed by atoms with van der Waals surface area (Å²) in [5, 5.41) is 1.07. The van der Waals surface area contributed by atoms with E-state index in [4.69, 9.17) is 0 Å². The zero-order valence-corrected chi connectivity index (χ0v) is 16.1. The van der Waals surface area contributed by atoms with Crippen LogP contribution in [0.3, 0.4) is 0 Å². The number of rotatable bonds is 3. The lowest BCUT2D eigenvalue weighted by molar-refractivity contribution is -0.122. The third kappa shape index (κ3) is 3.29. The van der Waals surface area contributed by atoms with Gasteiger partial charge in [0.2, 0.25) is 0 Å². The number of para-hydroxylation sites is 2. The van der Waals surface area contributed by atoms with Crippen molar-refractivity contribution in [3.05, 3.63) is 81.2 Å². The largest absolute Gasteiger partial charge is 0.356 e. The second-order valence-electron chi connectivity index (χ2n) is 6.18. The van der Waals surface area contributed by atoms with E-state index in [0.29, 0.717) is 27.5 Å². The van der Waals surface area contributed by atoms with Crippen LogP contribution in [0.4, 0.5) is 0 Å². The van der Waals surface area contributed by atoms with Crippen molar-refractivity contribution in [3.63, 3.8) is 0 Å². The van der Waals surface area contributed by atoms with Crippen molar-refractivity contribution in [2.75, 3.05) is 0 Å². The van der Waals surface area contributed by atoms with Gasteiger partial charge < -0.3 is 9.55 Å². The van der Waals surface area contributed by atoms with Crippen LogP contribution < -0.4 is 16.3 Å². The number of nitrogens with one attached hydrogen (secondary N) is 3. The zero-order chi connectivity index (χ0) is 19.7. The quantitative estimate of drug-likeness (QED) is 0.338. The summed E-state index contributed by atoms with van der Waals surface area (Å²) < 4.78 is 2.49. The number of nitrogens with zero attached hydrogens (tertiary/aromatic N) is 1. The molecule has 2 heterocycles. The number of H-pyrrole nitrogens is 1. The van der Waals surface area contributed by atoms with Crippen LogP contribution >= 0.6 is 15.9 Å². The monoisotopic (exact) mass is 438 g/mol. The van der Waals surface area contributed by atoms with E-state index >= 15 is 0 Å². The molecule has 0 atom stereocenters. The van der Waals surface area contributed by atoms with Crippen molar-refractivity contribution in [1.82, 2.24) is 20.4 Å². The molecule has 0 saturated carbocycles. The summed E-state index contributed by atoms with van der Waals surface area (Å²) in [5.74, 6) is -0.883. The number of pyridine rings is 1. The Kier molecular flexibility index (Phi) is 4.70. The Balaban J connectivity index is 1.63. The van der Waals surface area contributed by atoms with Gasteiger partial charge in [0.05, 0.1) is 11.0 Å². The minimum atomic E-state index is -0.464. The van der Waals surface area contributed by atoms with Crippen molar-refractivity contribution in [2.45, 2.75) is 6.54 Å². The highest BCUT2D eigenvalue weighted by Gasteiger charge is 2.14. The fraction of sp³-hybridized carbons (Fsp3) is 0.0500. The molecule has 0 aliphatic carbocycles. The number of hydrogen-bond donors (Lipinski definition) is 3. The van der Waals surface area contributed by atoms with Crippen LogP contribution in [0.2, 0.25) is 0 Å². The van der Waals surface area contributed by atoms with Crippen molar-refractivity contribution < 1.29 is 9.59 Å². The molecule has 0 fully saturated rings. The predicted molar refractivity (Wildman–Crippen MR) is 110 cm³/mol. The molecule has 0 aliphatic heterocycles. The highest BCUT2D eigenvalue weighted by atomic mass is 79.9. The fourth-order valence-electron chi connectivity index (χ4n) is 3.12. The molecule has 0 saturated heterocycles. The summed E-state index contributed by atoms with van der Waals surface area (Å²) >= 11 is 3.25. The van der Waals surface area contributed by atoms with Crippen molar-refractivity contribution in [3.8, 4) is 0 Å². The van der Waals surface area contributed by atoms with Crippen LogP contribution in [0.15, 0.2) is 70.1 Å². The number of aromatic nitrogens is 2. The maximum absolute atomic E-state index is 12.7. The summed E-state index contributed by atoms with van der Waals surface area (Å²) in [4.78, 5) is 40.0. The summed E-state index contributed by atoms with van der Waals surface area (Å²) in [7, 11) is 0. The number of benzene rings is 2. The molecule has 2 amide bonds. The van der Waals surface area contributed by atoms with Gasteiger partial charge in [0.1, 0.15) is 12.2 Å². The van der Waals surface area contributed by atoms with Gasteiger partial charge in [-0.2, -0.15) is 0 Å². The second-order valence-corrected chi connectivity index (χ2v) is 7.10. The fourth-order valence-corrected chi connectivity index (χ4v) is 3.47. The first-order valence-electron chi connectivity index (χ1n) is 8.48. The molecule has 28 heavy (non-hydrogen) atoms. The maximum atomic E-state index is 12.7. The number of hydrazine groups is 1. The SMILES string of the molecule is O=C(Cn1c2ccccc2c(=O)c2ccccc21)NNC(=O)c1cc(Br)c[nH]1. The normalized spacial score (nSPS) is 10.9. The van der Waals surface area contributed by atoms with Gasteiger partial charge in [-0.1, -0.05) is 24.3 Å².